The Balaban J connectivity index is -0.000000388. The Bertz CT molecular complexity index is 1080. The highest BCUT2D eigenvalue weighted by Gasteiger charge is 2.19. The second-order valence-electron chi connectivity index (χ2n) is 10.7. The van der Waals surface area contributed by atoms with Crippen molar-refractivity contribution in [3.8, 4) is 0 Å². The lowest BCUT2D eigenvalue weighted by atomic mass is 10.4. The van der Waals surface area contributed by atoms with E-state index in [1.165, 1.54) is 42.8 Å². The number of nitrogens with zero attached hydrogens (tertiary/aromatic N) is 6. The zero-order chi connectivity index (χ0) is 39.8. The van der Waals surface area contributed by atoms with Crippen molar-refractivity contribution >= 4 is 60.3 Å². The Morgan fingerprint density at radius 1 is 0.600 bits per heavy atom. The molecule has 0 aliphatic rings. The van der Waals surface area contributed by atoms with Gasteiger partial charge in [0.2, 0.25) is 48.3 Å². The van der Waals surface area contributed by atoms with Crippen molar-refractivity contribution in [3.63, 3.8) is 0 Å². The molecule has 0 aliphatic heterocycles. The summed E-state index contributed by atoms with van der Waals surface area (Å²) in [6, 6.07) is 0. The van der Waals surface area contributed by atoms with Crippen LogP contribution in [0.1, 0.15) is 20.8 Å². The summed E-state index contributed by atoms with van der Waals surface area (Å²) in [7, 11) is 11.2. The van der Waals surface area contributed by atoms with Crippen LogP contribution < -0.4 is 21.7 Å². The van der Waals surface area contributed by atoms with Crippen LogP contribution in [0, 0.1) is 0 Å². The van der Waals surface area contributed by atoms with Crippen LogP contribution in [-0.4, -0.2) is 205 Å². The number of likely N-dealkylation sites (N-methyl/N-ethyl adjacent to an activating group) is 7. The van der Waals surface area contributed by atoms with Gasteiger partial charge < -0.3 is 55.9 Å². The van der Waals surface area contributed by atoms with Gasteiger partial charge in [0.25, 0.3) is 0 Å². The van der Waals surface area contributed by atoms with Gasteiger partial charge in [-0.1, -0.05) is 0 Å². The third kappa shape index (κ3) is 32.9. The molecule has 0 radical (unpaired) electrons. The molecule has 0 aromatic heterocycles. The van der Waals surface area contributed by atoms with Crippen molar-refractivity contribution < 1.29 is 47.9 Å². The molecule has 20 heteroatoms. The highest BCUT2D eigenvalue weighted by Crippen LogP contribution is 1.92. The molecule has 0 spiro atoms. The molecule has 0 heterocycles. The van der Waals surface area contributed by atoms with E-state index in [-0.39, 0.29) is 75.9 Å². The van der Waals surface area contributed by atoms with Gasteiger partial charge in [-0.15, -0.1) is 0 Å². The van der Waals surface area contributed by atoms with Gasteiger partial charge in [0.05, 0.1) is 45.8 Å². The summed E-state index contributed by atoms with van der Waals surface area (Å²) in [6.45, 7) is 6.06. The molecule has 50 heavy (non-hydrogen) atoms. The number of ketones is 1. The van der Waals surface area contributed by atoms with Crippen LogP contribution in [0.5, 0.6) is 0 Å². The van der Waals surface area contributed by atoms with Gasteiger partial charge in [0.1, 0.15) is 12.1 Å². The van der Waals surface area contributed by atoms with E-state index in [9.17, 15) is 43.2 Å². The number of carbonyl (C=O) groups excluding carboxylic acids is 10. The Hall–Kier alpha value is -4.98. The molecule has 0 rings (SSSR count). The van der Waals surface area contributed by atoms with Crippen LogP contribution in [0.25, 0.3) is 0 Å². The number of nitrogens with two attached hydrogens (primary N) is 1. The van der Waals surface area contributed by atoms with Crippen LogP contribution in [0.2, 0.25) is 0 Å². The van der Waals surface area contributed by atoms with E-state index in [4.69, 9.17) is 4.79 Å². The van der Waals surface area contributed by atoms with Crippen LogP contribution in [0.15, 0.2) is 0 Å². The average molecular weight is 719 g/mol. The van der Waals surface area contributed by atoms with E-state index < -0.39 is 17.7 Å². The maximum absolute atomic E-state index is 12.1. The molecule has 5 N–H and O–H groups in total. The van der Waals surface area contributed by atoms with Gasteiger partial charge in [-0.25, -0.2) is 0 Å². The largest absolute Gasteiger partial charge is 0.355 e. The Kier molecular flexibility index (Phi) is 33.8. The molecule has 0 aromatic rings. The number of amides is 8. The predicted octanol–water partition coefficient (Wildman–Crippen LogP) is -4.81. The first-order valence-electron chi connectivity index (χ1n) is 15.4. The third-order valence-electron chi connectivity index (χ3n) is 5.67. The maximum atomic E-state index is 12.1. The average Bonchev–Trinajstić information content (AvgIpc) is 3.05. The van der Waals surface area contributed by atoms with Crippen LogP contribution in [0.4, 0.5) is 0 Å². The molecule has 0 unspecified atom stereocenters. The van der Waals surface area contributed by atoms with Crippen LogP contribution in [-0.2, 0) is 47.9 Å². The monoisotopic (exact) mass is 718 g/mol. The fraction of sp³-hybridized carbons (Fsp3) is 0.667. The standard InChI is InChI=1S/C17H32N6O5.C7H14N2O2.C4H7NO2.C2H5NO/c1-7-18-13(24)9-22(5)17(28)12-23(6)15(26)8-19-14(25)10-21(4)16(27)11-20(2)3;1-4-9(3)7(11)5-8(2)6-10;1-4(7)2-5-3-6;3-1-2-4/h7-12H2,1-6H3,(H,18,24)(H,19,25);6H,4-5H2,1-3H3;3H,2H2,1H3,(H,5,6);2H,1,3H2. The summed E-state index contributed by atoms with van der Waals surface area (Å²) in [6.07, 6.45) is 1.79. The normalized spacial score (nSPS) is 9.28. The summed E-state index contributed by atoms with van der Waals surface area (Å²) >= 11 is 0. The van der Waals surface area contributed by atoms with E-state index in [0.29, 0.717) is 32.2 Å². The fourth-order valence-electron chi connectivity index (χ4n) is 2.76. The Morgan fingerprint density at radius 2 is 1.04 bits per heavy atom. The molecule has 0 aliphatic carbocycles. The number of nitrogens with one attached hydrogen (secondary N) is 3. The number of Topliss-reactive ketones (excluding diaryl/α,β-unsaturated/α-hetero) is 1. The minimum absolute atomic E-state index is 0.0351. The third-order valence-corrected chi connectivity index (χ3v) is 5.67. The first-order valence-corrected chi connectivity index (χ1v) is 15.4. The summed E-state index contributed by atoms with van der Waals surface area (Å²) in [5, 5.41) is 7.23. The Morgan fingerprint density at radius 3 is 1.40 bits per heavy atom. The van der Waals surface area contributed by atoms with E-state index in [2.05, 4.69) is 21.7 Å². The van der Waals surface area contributed by atoms with Gasteiger partial charge in [-0.05, 0) is 34.9 Å². The minimum atomic E-state index is -0.476. The highest BCUT2D eigenvalue weighted by molar-refractivity contribution is 5.91. The second-order valence-corrected chi connectivity index (χ2v) is 10.7. The molecule has 8 amide bonds. The first-order chi connectivity index (χ1) is 23.3. The Labute approximate surface area is 295 Å². The number of aldehydes is 1. The predicted molar refractivity (Wildman–Crippen MR) is 185 cm³/mol. The van der Waals surface area contributed by atoms with E-state index in [1.807, 2.05) is 6.92 Å². The molecular weight excluding hydrogens is 660 g/mol. The number of carbonyl (C=O) groups is 10. The lowest BCUT2D eigenvalue weighted by molar-refractivity contribution is -0.140. The van der Waals surface area contributed by atoms with Gasteiger partial charge in [-0.2, -0.15) is 0 Å². The summed E-state index contributed by atoms with van der Waals surface area (Å²) in [5.41, 5.74) is 4.66. The highest BCUT2D eigenvalue weighted by atomic mass is 16.2. The number of hydrogen-bond acceptors (Lipinski definition) is 12. The lowest BCUT2D eigenvalue weighted by Gasteiger charge is -2.22. The second kappa shape index (κ2) is 32.6. The van der Waals surface area contributed by atoms with Crippen molar-refractivity contribution in [1.29, 1.82) is 0 Å². The van der Waals surface area contributed by atoms with Crippen molar-refractivity contribution in [3.05, 3.63) is 0 Å². The molecule has 20 nitrogen and oxygen atoms in total. The molecule has 0 saturated heterocycles. The van der Waals surface area contributed by atoms with Crippen molar-refractivity contribution in [2.75, 3.05) is 115 Å². The minimum Gasteiger partial charge on any atom is -0.355 e. The van der Waals surface area contributed by atoms with Gasteiger partial charge in [0, 0.05) is 54.9 Å². The molecule has 0 fully saturated rings. The van der Waals surface area contributed by atoms with E-state index >= 15 is 0 Å². The fourth-order valence-corrected chi connectivity index (χ4v) is 2.76. The zero-order valence-electron chi connectivity index (χ0n) is 31.1. The molecule has 0 saturated carbocycles. The summed E-state index contributed by atoms with van der Waals surface area (Å²) in [4.78, 5) is 117. The van der Waals surface area contributed by atoms with E-state index in [1.54, 1.807) is 44.9 Å². The zero-order valence-corrected chi connectivity index (χ0v) is 31.1. The molecular formula is C30H58N10O10. The van der Waals surface area contributed by atoms with Crippen molar-refractivity contribution in [2.24, 2.45) is 5.73 Å². The molecule has 0 aromatic carbocycles. The van der Waals surface area contributed by atoms with Crippen LogP contribution >= 0.6 is 0 Å². The smallest absolute Gasteiger partial charge is 0.242 e. The maximum Gasteiger partial charge on any atom is 0.242 e. The van der Waals surface area contributed by atoms with Gasteiger partial charge in [-0.3, -0.25) is 43.2 Å². The molecule has 0 atom stereocenters. The number of rotatable bonds is 19. The number of hydrogen-bond donors (Lipinski definition) is 4. The topological polar surface area (TPSA) is 252 Å². The summed E-state index contributed by atoms with van der Waals surface area (Å²) < 4.78 is 0. The van der Waals surface area contributed by atoms with Gasteiger partial charge in [0.15, 0.2) is 0 Å². The summed E-state index contributed by atoms with van der Waals surface area (Å²) in [5.74, 6) is -1.92. The molecule has 0 bridgehead atoms. The lowest BCUT2D eigenvalue weighted by Crippen LogP contribution is -2.47. The quantitative estimate of drug-likeness (QED) is 0.0919. The molecule has 288 valence electrons. The van der Waals surface area contributed by atoms with Crippen LogP contribution in [0.3, 0.4) is 0 Å². The SMILES string of the molecule is CC(=O)CNC=O.CCN(C)C(=O)CN(C)C=O.CCNC(=O)CN(C)C(=O)CN(C)C(=O)CNC(=O)CN(C)C(=O)CN(C)C.NCC=O. The van der Waals surface area contributed by atoms with E-state index in [0.717, 1.165) is 4.90 Å². The first kappa shape index (κ1) is 51.8. The van der Waals surface area contributed by atoms with Gasteiger partial charge >= 0.3 is 0 Å². The van der Waals surface area contributed by atoms with Crippen molar-refractivity contribution in [2.45, 2.75) is 20.8 Å². The van der Waals surface area contributed by atoms with Crippen molar-refractivity contribution in [1.82, 2.24) is 45.3 Å².